The van der Waals surface area contributed by atoms with Gasteiger partial charge < -0.3 is 15.2 Å². The summed E-state index contributed by atoms with van der Waals surface area (Å²) in [5.41, 5.74) is 1.72. The molecule has 1 aromatic carbocycles. The lowest BCUT2D eigenvalue weighted by Crippen LogP contribution is -2.62. The van der Waals surface area contributed by atoms with Crippen molar-refractivity contribution in [2.45, 2.75) is 76.0 Å². The van der Waals surface area contributed by atoms with E-state index in [1.54, 1.807) is 0 Å². The Hall–Kier alpha value is -2.61. The Balaban J connectivity index is 1.09. The van der Waals surface area contributed by atoms with E-state index in [4.69, 9.17) is 0 Å². The second-order valence-electron chi connectivity index (χ2n) is 9.55. The Labute approximate surface area is 187 Å². The third-order valence-corrected chi connectivity index (χ3v) is 7.52. The summed E-state index contributed by atoms with van der Waals surface area (Å²) in [4.78, 5) is 42.4. The van der Waals surface area contributed by atoms with Crippen LogP contribution in [0.5, 0.6) is 0 Å². The zero-order valence-corrected chi connectivity index (χ0v) is 18.5. The van der Waals surface area contributed by atoms with Crippen LogP contribution in [0, 0.1) is 5.92 Å². The van der Waals surface area contributed by atoms with Gasteiger partial charge in [0.2, 0.25) is 11.8 Å². The van der Waals surface area contributed by atoms with Crippen molar-refractivity contribution in [3.63, 3.8) is 0 Å². The fourth-order valence-corrected chi connectivity index (χ4v) is 5.80. The van der Waals surface area contributed by atoms with Gasteiger partial charge >= 0.3 is 5.69 Å². The second kappa shape index (κ2) is 9.10. The number of aromatic amines is 1. The molecule has 3 unspecified atom stereocenters. The van der Waals surface area contributed by atoms with Gasteiger partial charge in [0.05, 0.1) is 23.1 Å². The zero-order chi connectivity index (χ0) is 22.1. The van der Waals surface area contributed by atoms with Crippen molar-refractivity contribution in [3.8, 4) is 0 Å². The topological polar surface area (TPSA) is 99.2 Å². The van der Waals surface area contributed by atoms with E-state index in [0.717, 1.165) is 56.0 Å². The third kappa shape index (κ3) is 4.20. The minimum atomic E-state index is -0.0711. The number of para-hydroxylation sites is 2. The number of nitrogens with one attached hydrogen (secondary N) is 3. The third-order valence-electron chi connectivity index (χ3n) is 7.52. The molecule has 2 amide bonds. The number of hydrogen-bond acceptors (Lipinski definition) is 4. The highest BCUT2D eigenvalue weighted by atomic mass is 16.2. The lowest BCUT2D eigenvalue weighted by atomic mass is 9.82. The highest BCUT2D eigenvalue weighted by Crippen LogP contribution is 2.28. The maximum Gasteiger partial charge on any atom is 0.326 e. The molecule has 2 saturated heterocycles. The van der Waals surface area contributed by atoms with Gasteiger partial charge in [0.1, 0.15) is 0 Å². The monoisotopic (exact) mass is 439 g/mol. The van der Waals surface area contributed by atoms with Gasteiger partial charge in [0, 0.05) is 31.6 Å². The van der Waals surface area contributed by atoms with Crippen molar-refractivity contribution in [2.24, 2.45) is 5.92 Å². The SMILES string of the molecule is O=C1NC(CCCC(=O)N2CCC(n3c(=O)[nH]c4ccccc43)CC2)NC2CCCCC12. The van der Waals surface area contributed by atoms with Crippen molar-refractivity contribution >= 4 is 22.8 Å². The van der Waals surface area contributed by atoms with Crippen LogP contribution in [0.15, 0.2) is 29.1 Å². The second-order valence-corrected chi connectivity index (χ2v) is 9.55. The fourth-order valence-electron chi connectivity index (χ4n) is 5.80. The molecule has 0 bridgehead atoms. The molecule has 3 N–H and O–H groups in total. The number of piperidine rings is 1. The van der Waals surface area contributed by atoms with Crippen LogP contribution >= 0.6 is 0 Å². The molecule has 2 aromatic rings. The molecule has 32 heavy (non-hydrogen) atoms. The highest BCUT2D eigenvalue weighted by molar-refractivity contribution is 5.80. The van der Waals surface area contributed by atoms with Crippen molar-refractivity contribution in [1.29, 1.82) is 0 Å². The number of carbonyl (C=O) groups excluding carboxylic acids is 2. The van der Waals surface area contributed by atoms with Gasteiger partial charge in [-0.2, -0.15) is 0 Å². The Morgan fingerprint density at radius 3 is 2.66 bits per heavy atom. The number of carbonyl (C=O) groups is 2. The lowest BCUT2D eigenvalue weighted by Gasteiger charge is -2.40. The van der Waals surface area contributed by atoms with Crippen molar-refractivity contribution < 1.29 is 9.59 Å². The molecule has 3 atom stereocenters. The Kier molecular flexibility index (Phi) is 6.04. The lowest BCUT2D eigenvalue weighted by molar-refractivity contribution is -0.132. The quantitative estimate of drug-likeness (QED) is 0.666. The van der Waals surface area contributed by atoms with E-state index in [-0.39, 0.29) is 35.6 Å². The average molecular weight is 440 g/mol. The number of H-pyrrole nitrogens is 1. The molecule has 1 aromatic heterocycles. The molecule has 8 nitrogen and oxygen atoms in total. The number of fused-ring (bicyclic) bond motifs is 2. The van der Waals surface area contributed by atoms with E-state index in [1.807, 2.05) is 33.7 Å². The van der Waals surface area contributed by atoms with Crippen LogP contribution in [0.25, 0.3) is 11.0 Å². The first-order valence-corrected chi connectivity index (χ1v) is 12.1. The molecule has 3 aliphatic rings. The smallest absolute Gasteiger partial charge is 0.326 e. The maximum atomic E-state index is 12.7. The maximum absolute atomic E-state index is 12.7. The number of imidazole rings is 1. The predicted molar refractivity (Wildman–Crippen MR) is 122 cm³/mol. The van der Waals surface area contributed by atoms with Gasteiger partial charge in [-0.15, -0.1) is 0 Å². The van der Waals surface area contributed by atoms with E-state index in [0.29, 0.717) is 25.6 Å². The molecule has 1 aliphatic carbocycles. The van der Waals surface area contributed by atoms with Crippen LogP contribution in [0.4, 0.5) is 0 Å². The van der Waals surface area contributed by atoms with Gasteiger partial charge in [-0.05, 0) is 50.7 Å². The average Bonchev–Trinajstić information content (AvgIpc) is 3.15. The number of nitrogens with zero attached hydrogens (tertiary/aromatic N) is 2. The van der Waals surface area contributed by atoms with Crippen LogP contribution in [0.1, 0.15) is 63.8 Å². The fraction of sp³-hybridized carbons (Fsp3) is 0.625. The molecular formula is C24H33N5O3. The van der Waals surface area contributed by atoms with E-state index in [9.17, 15) is 14.4 Å². The van der Waals surface area contributed by atoms with Crippen LogP contribution in [-0.2, 0) is 9.59 Å². The first-order chi connectivity index (χ1) is 15.6. The zero-order valence-electron chi connectivity index (χ0n) is 18.5. The van der Waals surface area contributed by atoms with Gasteiger partial charge in [0.15, 0.2) is 0 Å². The summed E-state index contributed by atoms with van der Waals surface area (Å²) in [5.74, 6) is 0.472. The highest BCUT2D eigenvalue weighted by Gasteiger charge is 2.37. The van der Waals surface area contributed by atoms with Gasteiger partial charge in [-0.25, -0.2) is 4.79 Å². The number of amides is 2. The molecule has 3 heterocycles. The van der Waals surface area contributed by atoms with Crippen molar-refractivity contribution in [1.82, 2.24) is 25.1 Å². The summed E-state index contributed by atoms with van der Waals surface area (Å²) in [5, 5.41) is 6.69. The normalized spacial score (nSPS) is 26.7. The van der Waals surface area contributed by atoms with E-state index in [2.05, 4.69) is 15.6 Å². The molecule has 5 rings (SSSR count). The Morgan fingerprint density at radius 1 is 1.03 bits per heavy atom. The van der Waals surface area contributed by atoms with Crippen LogP contribution in [0.3, 0.4) is 0 Å². The summed E-state index contributed by atoms with van der Waals surface area (Å²) in [6.07, 6.45) is 7.98. The molecule has 2 aliphatic heterocycles. The summed E-state index contributed by atoms with van der Waals surface area (Å²) in [6, 6.07) is 8.18. The molecule has 1 saturated carbocycles. The molecule has 3 fully saturated rings. The summed E-state index contributed by atoms with van der Waals surface area (Å²) in [7, 11) is 0. The van der Waals surface area contributed by atoms with Crippen molar-refractivity contribution in [2.75, 3.05) is 13.1 Å². The van der Waals surface area contributed by atoms with Crippen LogP contribution < -0.4 is 16.3 Å². The number of benzene rings is 1. The molecule has 172 valence electrons. The molecule has 0 spiro atoms. The van der Waals surface area contributed by atoms with E-state index in [1.165, 1.54) is 6.42 Å². The number of aromatic nitrogens is 2. The minimum Gasteiger partial charge on any atom is -0.343 e. The largest absolute Gasteiger partial charge is 0.343 e. The number of rotatable bonds is 5. The molecular weight excluding hydrogens is 406 g/mol. The minimum absolute atomic E-state index is 0.0193. The number of likely N-dealkylation sites (tertiary alicyclic amines) is 1. The first-order valence-electron chi connectivity index (χ1n) is 12.1. The van der Waals surface area contributed by atoms with Crippen LogP contribution in [-0.4, -0.2) is 51.6 Å². The summed E-state index contributed by atoms with van der Waals surface area (Å²) in [6.45, 7) is 1.36. The van der Waals surface area contributed by atoms with Crippen LogP contribution in [0.2, 0.25) is 0 Å². The Bertz CT molecular complexity index is 1040. The Morgan fingerprint density at radius 2 is 1.81 bits per heavy atom. The van der Waals surface area contributed by atoms with Gasteiger partial charge in [-0.1, -0.05) is 25.0 Å². The summed E-state index contributed by atoms with van der Waals surface area (Å²) < 4.78 is 1.85. The first kappa shape index (κ1) is 21.2. The molecule has 0 radical (unpaired) electrons. The number of hydrogen-bond donors (Lipinski definition) is 3. The standard InChI is InChI=1S/C24H33N5O3/c30-22(11-5-10-21-25-18-7-2-1-6-17(18)23(31)27-21)28-14-12-16(13-15-28)29-20-9-4-3-8-19(20)26-24(29)32/h3-4,8-9,16-18,21,25H,1-2,5-7,10-15H2,(H,26,32)(H,27,31). The van der Waals surface area contributed by atoms with Gasteiger partial charge in [-0.3, -0.25) is 19.5 Å². The summed E-state index contributed by atoms with van der Waals surface area (Å²) >= 11 is 0. The van der Waals surface area contributed by atoms with Crippen molar-refractivity contribution in [3.05, 3.63) is 34.7 Å². The molecule has 8 heteroatoms. The van der Waals surface area contributed by atoms with E-state index >= 15 is 0 Å². The van der Waals surface area contributed by atoms with E-state index < -0.39 is 0 Å². The van der Waals surface area contributed by atoms with Gasteiger partial charge in [0.25, 0.3) is 0 Å². The predicted octanol–water partition coefficient (Wildman–Crippen LogP) is 2.27.